The van der Waals surface area contributed by atoms with Crippen LogP contribution in [0.15, 0.2) is 24.5 Å². The largest absolute Gasteiger partial charge is 0.486 e. The summed E-state index contributed by atoms with van der Waals surface area (Å²) in [5, 5.41) is 3.09. The van der Waals surface area contributed by atoms with Crippen LogP contribution in [0.4, 0.5) is 14.6 Å². The van der Waals surface area contributed by atoms with Crippen molar-refractivity contribution in [1.29, 1.82) is 0 Å². The lowest BCUT2D eigenvalue weighted by atomic mass is 10.0. The number of fused-ring (bicyclic) bond motifs is 1. The molecule has 3 rings (SSSR count). The molecule has 0 radical (unpaired) electrons. The van der Waals surface area contributed by atoms with Crippen LogP contribution in [0.3, 0.4) is 0 Å². The number of nitrogens with one attached hydrogen (secondary N) is 1. The molecule has 1 atom stereocenters. The smallest absolute Gasteiger partial charge is 0.179 e. The van der Waals surface area contributed by atoms with E-state index in [4.69, 9.17) is 4.74 Å². The van der Waals surface area contributed by atoms with Crippen LogP contribution in [-0.2, 0) is 0 Å². The Labute approximate surface area is 168 Å². The van der Waals surface area contributed by atoms with E-state index in [0.29, 0.717) is 43.0 Å². The Hall–Kier alpha value is -3.03. The molecule has 1 N–H and O–H groups in total. The van der Waals surface area contributed by atoms with E-state index in [2.05, 4.69) is 15.3 Å². The van der Waals surface area contributed by atoms with E-state index in [1.165, 1.54) is 12.3 Å². The second-order valence-corrected chi connectivity index (χ2v) is 6.90. The predicted molar refractivity (Wildman–Crippen MR) is 108 cm³/mol. The lowest BCUT2D eigenvalue weighted by molar-refractivity contribution is 0.112. The molecule has 1 aromatic heterocycles. The van der Waals surface area contributed by atoms with Gasteiger partial charge in [0.2, 0.25) is 0 Å². The van der Waals surface area contributed by atoms with Crippen LogP contribution in [0.2, 0.25) is 0 Å². The quantitative estimate of drug-likeness (QED) is 0.675. The number of alkyl halides is 1. The van der Waals surface area contributed by atoms with E-state index in [-0.39, 0.29) is 23.5 Å². The number of anilines is 1. The van der Waals surface area contributed by atoms with Gasteiger partial charge in [0.05, 0.1) is 18.3 Å². The first-order valence-electron chi connectivity index (χ1n) is 9.57. The molecule has 0 bridgehead atoms. The SMILES string of the molecule is CCCC(F)CN(C)/C=C\c1cc(-c2ncc3c(n2)NCCO3)c(F)cc1C=O. The monoisotopic (exact) mass is 402 g/mol. The molecule has 2 aromatic rings. The van der Waals surface area contributed by atoms with Gasteiger partial charge in [0.25, 0.3) is 0 Å². The fourth-order valence-corrected chi connectivity index (χ4v) is 3.07. The van der Waals surface area contributed by atoms with Gasteiger partial charge in [-0.2, -0.15) is 0 Å². The van der Waals surface area contributed by atoms with Crippen molar-refractivity contribution >= 4 is 18.2 Å². The van der Waals surface area contributed by atoms with Crippen molar-refractivity contribution in [3.8, 4) is 17.1 Å². The Morgan fingerprint density at radius 3 is 2.97 bits per heavy atom. The summed E-state index contributed by atoms with van der Waals surface area (Å²) in [6, 6.07) is 2.68. The average molecular weight is 402 g/mol. The zero-order valence-electron chi connectivity index (χ0n) is 16.5. The lowest BCUT2D eigenvalue weighted by Crippen LogP contribution is -2.21. The minimum absolute atomic E-state index is 0.169. The Balaban J connectivity index is 1.88. The summed E-state index contributed by atoms with van der Waals surface area (Å²) in [7, 11) is 1.75. The number of aromatic nitrogens is 2. The summed E-state index contributed by atoms with van der Waals surface area (Å²) >= 11 is 0. The maximum absolute atomic E-state index is 14.6. The third-order valence-corrected chi connectivity index (χ3v) is 4.54. The molecule has 0 saturated heterocycles. The third kappa shape index (κ3) is 5.07. The average Bonchev–Trinajstić information content (AvgIpc) is 2.72. The van der Waals surface area contributed by atoms with Crippen LogP contribution in [0.25, 0.3) is 17.5 Å². The fraction of sp³-hybridized carbons (Fsp3) is 0.381. The summed E-state index contributed by atoms with van der Waals surface area (Å²) < 4.78 is 33.8. The van der Waals surface area contributed by atoms with Gasteiger partial charge >= 0.3 is 0 Å². The van der Waals surface area contributed by atoms with Gasteiger partial charge in [-0.25, -0.2) is 18.7 Å². The van der Waals surface area contributed by atoms with Crippen molar-refractivity contribution in [2.75, 3.05) is 32.1 Å². The fourth-order valence-electron chi connectivity index (χ4n) is 3.07. The van der Waals surface area contributed by atoms with Gasteiger partial charge in [0.15, 0.2) is 23.7 Å². The summed E-state index contributed by atoms with van der Waals surface area (Å²) in [5.41, 5.74) is 0.864. The molecule has 2 heterocycles. The Kier molecular flexibility index (Phi) is 6.74. The molecule has 29 heavy (non-hydrogen) atoms. The normalized spacial score (nSPS) is 14.1. The first-order chi connectivity index (χ1) is 14.0. The Morgan fingerprint density at radius 2 is 2.21 bits per heavy atom. The van der Waals surface area contributed by atoms with Gasteiger partial charge in [-0.15, -0.1) is 0 Å². The lowest BCUT2D eigenvalue weighted by Gasteiger charge is -2.18. The summed E-state index contributed by atoms with van der Waals surface area (Å²) in [5.74, 6) is 0.605. The van der Waals surface area contributed by atoms with Gasteiger partial charge in [-0.05, 0) is 36.4 Å². The minimum Gasteiger partial charge on any atom is -0.486 e. The molecule has 8 heteroatoms. The first-order valence-corrected chi connectivity index (χ1v) is 9.57. The van der Waals surface area contributed by atoms with Crippen molar-refractivity contribution in [3.05, 3.63) is 41.5 Å². The summed E-state index contributed by atoms with van der Waals surface area (Å²) in [6.45, 7) is 3.29. The molecular weight excluding hydrogens is 378 g/mol. The van der Waals surface area contributed by atoms with E-state index in [1.54, 1.807) is 24.2 Å². The van der Waals surface area contributed by atoms with E-state index < -0.39 is 12.0 Å². The van der Waals surface area contributed by atoms with Crippen LogP contribution < -0.4 is 10.1 Å². The molecular formula is C21H24F2N4O2. The number of benzene rings is 1. The highest BCUT2D eigenvalue weighted by molar-refractivity contribution is 5.84. The molecule has 0 saturated carbocycles. The molecule has 0 amide bonds. The highest BCUT2D eigenvalue weighted by Gasteiger charge is 2.17. The van der Waals surface area contributed by atoms with Crippen molar-refractivity contribution in [2.45, 2.75) is 25.9 Å². The molecule has 6 nitrogen and oxygen atoms in total. The maximum atomic E-state index is 14.6. The summed E-state index contributed by atoms with van der Waals surface area (Å²) in [4.78, 5) is 21.6. The van der Waals surface area contributed by atoms with Crippen LogP contribution in [0.5, 0.6) is 5.75 Å². The van der Waals surface area contributed by atoms with Crippen molar-refractivity contribution in [1.82, 2.24) is 14.9 Å². The number of hydrogen-bond acceptors (Lipinski definition) is 6. The topological polar surface area (TPSA) is 67.3 Å². The molecule has 0 aliphatic carbocycles. The van der Waals surface area contributed by atoms with Crippen LogP contribution in [0.1, 0.15) is 35.7 Å². The zero-order chi connectivity index (χ0) is 20.8. The van der Waals surface area contributed by atoms with Crippen molar-refractivity contribution in [3.63, 3.8) is 0 Å². The predicted octanol–water partition coefficient (Wildman–Crippen LogP) is 3.94. The van der Waals surface area contributed by atoms with Crippen LogP contribution >= 0.6 is 0 Å². The number of hydrogen-bond donors (Lipinski definition) is 1. The van der Waals surface area contributed by atoms with Gasteiger partial charge in [-0.1, -0.05) is 13.3 Å². The maximum Gasteiger partial charge on any atom is 0.179 e. The highest BCUT2D eigenvalue weighted by atomic mass is 19.1. The number of carbonyl (C=O) groups excluding carboxylic acids is 1. The van der Waals surface area contributed by atoms with Gasteiger partial charge in [0, 0.05) is 19.2 Å². The second-order valence-electron chi connectivity index (χ2n) is 6.90. The second kappa shape index (κ2) is 9.45. The number of ether oxygens (including phenoxy) is 1. The molecule has 0 spiro atoms. The van der Waals surface area contributed by atoms with E-state index in [0.717, 1.165) is 12.5 Å². The van der Waals surface area contributed by atoms with E-state index >= 15 is 0 Å². The van der Waals surface area contributed by atoms with Crippen molar-refractivity contribution in [2.24, 2.45) is 0 Å². The number of nitrogens with zero attached hydrogens (tertiary/aromatic N) is 3. The molecule has 1 aromatic carbocycles. The number of rotatable bonds is 8. The first kappa shape index (κ1) is 20.7. The van der Waals surface area contributed by atoms with Gasteiger partial charge < -0.3 is 15.0 Å². The molecule has 0 fully saturated rings. The van der Waals surface area contributed by atoms with Crippen molar-refractivity contribution < 1.29 is 18.3 Å². The van der Waals surface area contributed by atoms with E-state index in [9.17, 15) is 13.6 Å². The number of carbonyl (C=O) groups is 1. The molecule has 154 valence electrons. The number of aldehydes is 1. The third-order valence-electron chi connectivity index (χ3n) is 4.54. The van der Waals surface area contributed by atoms with Crippen LogP contribution in [0, 0.1) is 5.82 Å². The minimum atomic E-state index is -0.928. The Morgan fingerprint density at radius 1 is 1.38 bits per heavy atom. The Bertz CT molecular complexity index is 904. The number of halogens is 2. The highest BCUT2D eigenvalue weighted by Crippen LogP contribution is 2.29. The molecule has 1 unspecified atom stereocenters. The van der Waals surface area contributed by atoms with Gasteiger partial charge in [-0.3, -0.25) is 4.79 Å². The zero-order valence-corrected chi connectivity index (χ0v) is 16.5. The summed E-state index contributed by atoms with van der Waals surface area (Å²) in [6.07, 6.45) is 5.75. The van der Waals surface area contributed by atoms with Crippen LogP contribution in [-0.4, -0.2) is 54.1 Å². The molecule has 1 aliphatic rings. The molecule has 1 aliphatic heterocycles. The van der Waals surface area contributed by atoms with E-state index in [1.807, 2.05) is 6.92 Å². The van der Waals surface area contributed by atoms with Gasteiger partial charge in [0.1, 0.15) is 18.6 Å². The standard InChI is InChI=1S/C21H24F2N4O2/c1-3-4-16(22)12-27(2)7-5-14-9-17(18(23)10-15(14)13-28)20-25-11-19-21(26-20)24-6-8-29-19/h5,7,9-11,13,16H,3-4,6,8,12H2,1-2H3,(H,24,25,26)/b7-5-.